The van der Waals surface area contributed by atoms with E-state index in [4.69, 9.17) is 4.74 Å². The van der Waals surface area contributed by atoms with Gasteiger partial charge in [-0.05, 0) is 6.42 Å². The summed E-state index contributed by atoms with van der Waals surface area (Å²) in [6.07, 6.45) is 5.28. The first-order valence-electron chi connectivity index (χ1n) is 4.46. The van der Waals surface area contributed by atoms with Gasteiger partial charge in [0.15, 0.2) is 0 Å². The Morgan fingerprint density at radius 2 is 2.46 bits per heavy atom. The highest BCUT2D eigenvalue weighted by molar-refractivity contribution is 5.73. The molecule has 13 heavy (non-hydrogen) atoms. The third kappa shape index (κ3) is 2.78. The number of nitrogens with one attached hydrogen (secondary N) is 2. The van der Waals surface area contributed by atoms with Crippen LogP contribution in [0.4, 0.5) is 0 Å². The van der Waals surface area contributed by atoms with E-state index in [0.29, 0.717) is 0 Å². The van der Waals surface area contributed by atoms with E-state index in [1.807, 2.05) is 0 Å². The van der Waals surface area contributed by atoms with E-state index >= 15 is 0 Å². The third-order valence-corrected chi connectivity index (χ3v) is 1.83. The molecule has 0 aliphatic carbocycles. The van der Waals surface area contributed by atoms with Crippen LogP contribution in [0.2, 0.25) is 0 Å². The van der Waals surface area contributed by atoms with Crippen LogP contribution in [0.1, 0.15) is 19.8 Å². The SMILES string of the molecule is CCCCNC1(OC)N=CN=CN1. The maximum absolute atomic E-state index is 5.21. The first-order chi connectivity index (χ1) is 6.33. The smallest absolute Gasteiger partial charge is 0.302 e. The Balaban J connectivity index is 2.40. The van der Waals surface area contributed by atoms with Crippen LogP contribution in [0.25, 0.3) is 0 Å². The molecule has 0 amide bonds. The molecule has 0 bridgehead atoms. The summed E-state index contributed by atoms with van der Waals surface area (Å²) in [4.78, 5) is 7.88. The lowest BCUT2D eigenvalue weighted by Crippen LogP contribution is -2.57. The van der Waals surface area contributed by atoms with Crippen LogP contribution in [-0.2, 0) is 4.74 Å². The molecule has 0 aromatic heterocycles. The van der Waals surface area contributed by atoms with Crippen LogP contribution >= 0.6 is 0 Å². The van der Waals surface area contributed by atoms with E-state index in [9.17, 15) is 0 Å². The number of unbranched alkanes of at least 4 members (excludes halogenated alkanes) is 1. The van der Waals surface area contributed by atoms with Gasteiger partial charge in [0.1, 0.15) is 6.34 Å². The van der Waals surface area contributed by atoms with Gasteiger partial charge in [0.2, 0.25) is 0 Å². The van der Waals surface area contributed by atoms with Gasteiger partial charge in [-0.25, -0.2) is 9.98 Å². The topological polar surface area (TPSA) is 58.0 Å². The van der Waals surface area contributed by atoms with Gasteiger partial charge >= 0.3 is 5.97 Å². The van der Waals surface area contributed by atoms with Crippen molar-refractivity contribution in [2.45, 2.75) is 25.7 Å². The van der Waals surface area contributed by atoms with Crippen molar-refractivity contribution in [2.75, 3.05) is 13.7 Å². The van der Waals surface area contributed by atoms with Crippen LogP contribution in [0.3, 0.4) is 0 Å². The lowest BCUT2D eigenvalue weighted by Gasteiger charge is -2.29. The largest absolute Gasteiger partial charge is 0.327 e. The van der Waals surface area contributed by atoms with E-state index in [1.54, 1.807) is 13.4 Å². The Labute approximate surface area is 78.3 Å². The molecule has 1 atom stereocenters. The highest BCUT2D eigenvalue weighted by Gasteiger charge is 2.27. The van der Waals surface area contributed by atoms with Gasteiger partial charge in [0.05, 0.1) is 6.34 Å². The molecule has 0 radical (unpaired) electrons. The van der Waals surface area contributed by atoms with Gasteiger partial charge in [0.25, 0.3) is 0 Å². The molecule has 74 valence electrons. The number of aliphatic imine (C=N–C) groups is 2. The Hall–Kier alpha value is -0.940. The minimum atomic E-state index is -0.809. The second-order valence-electron chi connectivity index (χ2n) is 2.80. The highest BCUT2D eigenvalue weighted by Crippen LogP contribution is 2.04. The van der Waals surface area contributed by atoms with Crippen LogP contribution in [0.15, 0.2) is 9.98 Å². The second kappa shape index (κ2) is 4.94. The van der Waals surface area contributed by atoms with Gasteiger partial charge in [-0.15, -0.1) is 0 Å². The van der Waals surface area contributed by atoms with Gasteiger partial charge in [-0.2, -0.15) is 0 Å². The summed E-state index contributed by atoms with van der Waals surface area (Å²) in [7, 11) is 1.60. The Kier molecular flexibility index (Phi) is 3.85. The fourth-order valence-electron chi connectivity index (χ4n) is 1.03. The standard InChI is InChI=1S/C8H16N4O/c1-3-4-5-10-8(13-2)11-6-9-7-12-8/h6-7,10H,3-5H2,1-2H3,(H,9,11,12). The van der Waals surface area contributed by atoms with Crippen molar-refractivity contribution in [1.82, 2.24) is 10.6 Å². The fourth-order valence-corrected chi connectivity index (χ4v) is 1.03. The average molecular weight is 184 g/mol. The Morgan fingerprint density at radius 1 is 1.62 bits per heavy atom. The van der Waals surface area contributed by atoms with Gasteiger partial charge in [-0.1, -0.05) is 13.3 Å². The molecule has 1 aliphatic rings. The fraction of sp³-hybridized carbons (Fsp3) is 0.750. The summed E-state index contributed by atoms with van der Waals surface area (Å²) in [5, 5.41) is 6.08. The first-order valence-corrected chi connectivity index (χ1v) is 4.46. The molecule has 1 heterocycles. The van der Waals surface area contributed by atoms with Gasteiger partial charge in [0, 0.05) is 13.7 Å². The van der Waals surface area contributed by atoms with Crippen molar-refractivity contribution in [3.05, 3.63) is 0 Å². The zero-order chi connectivity index (χ0) is 9.57. The highest BCUT2D eigenvalue weighted by atomic mass is 16.5. The average Bonchev–Trinajstić information content (AvgIpc) is 2.20. The van der Waals surface area contributed by atoms with Gasteiger partial charge in [-0.3, -0.25) is 5.32 Å². The molecule has 0 spiro atoms. The molecule has 1 unspecified atom stereocenters. The number of nitrogens with zero attached hydrogens (tertiary/aromatic N) is 2. The summed E-state index contributed by atoms with van der Waals surface area (Å²) < 4.78 is 5.21. The van der Waals surface area contributed by atoms with Crippen molar-refractivity contribution in [2.24, 2.45) is 9.98 Å². The molecule has 0 saturated carbocycles. The number of hydrogen-bond donors (Lipinski definition) is 2. The van der Waals surface area contributed by atoms with E-state index in [2.05, 4.69) is 27.5 Å². The molecule has 0 fully saturated rings. The zero-order valence-electron chi connectivity index (χ0n) is 8.08. The molecule has 0 aromatic rings. The summed E-state index contributed by atoms with van der Waals surface area (Å²) in [5.74, 6) is -0.809. The van der Waals surface area contributed by atoms with Crippen molar-refractivity contribution in [3.8, 4) is 0 Å². The molecule has 0 aromatic carbocycles. The number of rotatable bonds is 5. The van der Waals surface area contributed by atoms with Crippen LogP contribution in [0.5, 0.6) is 0 Å². The first kappa shape index (κ1) is 10.1. The lowest BCUT2D eigenvalue weighted by molar-refractivity contribution is -0.0443. The predicted octanol–water partition coefficient (Wildman–Crippen LogP) is 0.294. The Bertz CT molecular complexity index is 204. The summed E-state index contributed by atoms with van der Waals surface area (Å²) in [5.41, 5.74) is 0. The number of ether oxygens (including phenoxy) is 1. The summed E-state index contributed by atoms with van der Waals surface area (Å²) in [6.45, 7) is 3.00. The van der Waals surface area contributed by atoms with Gasteiger partial charge < -0.3 is 10.1 Å². The molecule has 1 aliphatic heterocycles. The maximum atomic E-state index is 5.21. The molecule has 2 N–H and O–H groups in total. The van der Waals surface area contributed by atoms with Crippen molar-refractivity contribution >= 4 is 12.7 Å². The van der Waals surface area contributed by atoms with E-state index in [1.165, 1.54) is 6.34 Å². The molecular formula is C8H16N4O. The second-order valence-corrected chi connectivity index (χ2v) is 2.80. The van der Waals surface area contributed by atoms with Crippen LogP contribution in [0, 0.1) is 0 Å². The van der Waals surface area contributed by atoms with E-state index in [-0.39, 0.29) is 0 Å². The van der Waals surface area contributed by atoms with E-state index < -0.39 is 5.97 Å². The van der Waals surface area contributed by atoms with E-state index in [0.717, 1.165) is 19.4 Å². The maximum Gasteiger partial charge on any atom is 0.302 e. The summed E-state index contributed by atoms with van der Waals surface area (Å²) >= 11 is 0. The minimum Gasteiger partial charge on any atom is -0.327 e. The van der Waals surface area contributed by atoms with Crippen molar-refractivity contribution in [3.63, 3.8) is 0 Å². The quantitative estimate of drug-likeness (QED) is 0.477. The monoisotopic (exact) mass is 184 g/mol. The molecule has 5 heteroatoms. The molecular weight excluding hydrogens is 168 g/mol. The predicted molar refractivity (Wildman–Crippen MR) is 52.8 cm³/mol. The van der Waals surface area contributed by atoms with Crippen molar-refractivity contribution < 1.29 is 4.74 Å². The van der Waals surface area contributed by atoms with Crippen molar-refractivity contribution in [1.29, 1.82) is 0 Å². The lowest BCUT2D eigenvalue weighted by atomic mass is 10.3. The van der Waals surface area contributed by atoms with Crippen LogP contribution < -0.4 is 10.6 Å². The Morgan fingerprint density at radius 3 is 3.00 bits per heavy atom. The molecule has 0 saturated heterocycles. The number of methoxy groups -OCH3 is 1. The number of hydrogen-bond acceptors (Lipinski definition) is 5. The molecule has 5 nitrogen and oxygen atoms in total. The zero-order valence-corrected chi connectivity index (χ0v) is 8.08. The minimum absolute atomic E-state index is 0.809. The normalized spacial score (nSPS) is 26.0. The summed E-state index contributed by atoms with van der Waals surface area (Å²) in [6, 6.07) is 0. The third-order valence-electron chi connectivity index (χ3n) is 1.83. The molecule has 1 rings (SSSR count). The van der Waals surface area contributed by atoms with Crippen LogP contribution in [-0.4, -0.2) is 32.3 Å².